The second kappa shape index (κ2) is 8.50. The van der Waals surface area contributed by atoms with Gasteiger partial charge in [-0.2, -0.15) is 14.9 Å². The van der Waals surface area contributed by atoms with Gasteiger partial charge in [0.05, 0.1) is 22.9 Å². The van der Waals surface area contributed by atoms with Crippen molar-refractivity contribution in [1.82, 2.24) is 54.1 Å². The van der Waals surface area contributed by atoms with E-state index in [4.69, 9.17) is 10.7 Å². The van der Waals surface area contributed by atoms with Gasteiger partial charge in [0.2, 0.25) is 11.5 Å². The summed E-state index contributed by atoms with van der Waals surface area (Å²) in [5.41, 5.74) is 9.22. The number of nitrogens with zero attached hydrogens (tertiary/aromatic N) is 12. The highest BCUT2D eigenvalue weighted by Crippen LogP contribution is 2.35. The molecule has 0 fully saturated rings. The number of hydrogen-bond acceptors (Lipinski definition) is 10. The predicted octanol–water partition coefficient (Wildman–Crippen LogP) is 0.831. The molecule has 180 valence electrons. The molecule has 1 aromatic carbocycles. The molecule has 37 heavy (non-hydrogen) atoms. The molecule has 0 aliphatic heterocycles. The minimum atomic E-state index is -0.172. The van der Waals surface area contributed by atoms with Gasteiger partial charge in [0.25, 0.3) is 5.95 Å². The number of hydrogen-bond donors (Lipinski definition) is 1. The van der Waals surface area contributed by atoms with E-state index in [1.807, 2.05) is 6.07 Å². The van der Waals surface area contributed by atoms with Gasteiger partial charge in [-0.1, -0.05) is 23.3 Å². The topological polar surface area (TPSA) is 176 Å². The minimum Gasteiger partial charge on any atom is -0.368 e. The number of nitriles is 1. The van der Waals surface area contributed by atoms with Crippen molar-refractivity contribution in [3.8, 4) is 34.4 Å². The van der Waals surface area contributed by atoms with Gasteiger partial charge in [0.1, 0.15) is 6.54 Å². The molecule has 0 aliphatic rings. The van der Waals surface area contributed by atoms with Crippen LogP contribution in [0.25, 0.3) is 34.0 Å². The number of tetrazole rings is 1. The van der Waals surface area contributed by atoms with Crippen molar-refractivity contribution in [1.29, 1.82) is 5.26 Å². The number of pyridine rings is 1. The van der Waals surface area contributed by atoms with Crippen LogP contribution in [0.1, 0.15) is 11.4 Å². The molecule has 0 aliphatic carbocycles. The van der Waals surface area contributed by atoms with Crippen LogP contribution in [0.5, 0.6) is 0 Å². The van der Waals surface area contributed by atoms with Crippen LogP contribution in [0.2, 0.25) is 0 Å². The van der Waals surface area contributed by atoms with E-state index in [-0.39, 0.29) is 18.1 Å². The number of fused-ring (bicyclic) bond motifs is 1. The first-order chi connectivity index (χ1) is 18.0. The van der Waals surface area contributed by atoms with Crippen molar-refractivity contribution >= 4 is 11.6 Å². The van der Waals surface area contributed by atoms with Crippen LogP contribution in [0.4, 0.5) is 5.95 Å². The van der Waals surface area contributed by atoms with E-state index in [2.05, 4.69) is 36.8 Å². The van der Waals surface area contributed by atoms with Crippen LogP contribution in [0.15, 0.2) is 65.8 Å². The first-order valence-electron chi connectivity index (χ1n) is 11.0. The molecular formula is C23H17N13O. The lowest BCUT2D eigenvalue weighted by Gasteiger charge is -2.13. The molecule has 2 N–H and O–H groups in total. The molecule has 14 heteroatoms. The fourth-order valence-electron chi connectivity index (χ4n) is 4.04. The van der Waals surface area contributed by atoms with Gasteiger partial charge in [0.15, 0.2) is 11.5 Å². The van der Waals surface area contributed by atoms with Gasteiger partial charge < -0.3 is 10.3 Å². The van der Waals surface area contributed by atoms with Crippen LogP contribution >= 0.6 is 0 Å². The van der Waals surface area contributed by atoms with Crippen LogP contribution in [-0.2, 0) is 13.6 Å². The van der Waals surface area contributed by atoms with Crippen molar-refractivity contribution in [3.05, 3.63) is 82.8 Å². The number of benzene rings is 1. The maximum absolute atomic E-state index is 12.1. The van der Waals surface area contributed by atoms with E-state index in [0.717, 1.165) is 0 Å². The molecule has 5 aromatic heterocycles. The minimum absolute atomic E-state index is 0.0778. The first-order valence-corrected chi connectivity index (χ1v) is 11.0. The monoisotopic (exact) mass is 491 g/mol. The van der Waals surface area contributed by atoms with E-state index >= 15 is 0 Å². The Balaban J connectivity index is 1.58. The largest absolute Gasteiger partial charge is 0.368 e. The van der Waals surface area contributed by atoms with Crippen molar-refractivity contribution in [2.24, 2.45) is 7.05 Å². The summed E-state index contributed by atoms with van der Waals surface area (Å²) in [6.45, 7) is 0.125. The highest BCUT2D eigenvalue weighted by Gasteiger charge is 2.22. The predicted molar refractivity (Wildman–Crippen MR) is 130 cm³/mol. The van der Waals surface area contributed by atoms with Crippen LogP contribution in [0, 0.1) is 11.3 Å². The standard InChI is InChI=1S/C23H17N13O/c1-33-12-15(7-8-18(33)37)19-20(16-6-3-2-5-14(16)11-24)28-22(25)36-21(19)27-17(30-36)13-35-23(29-31-32-35)34-10-4-9-26-34/h2-10,12H,13H2,1H3,(H2,25,28). The zero-order valence-electron chi connectivity index (χ0n) is 19.3. The molecule has 6 rings (SSSR count). The molecular weight excluding hydrogens is 474 g/mol. The average molecular weight is 491 g/mol. The Morgan fingerprint density at radius 1 is 1.11 bits per heavy atom. The summed E-state index contributed by atoms with van der Waals surface area (Å²) in [5, 5.41) is 30.3. The number of aromatic nitrogens is 11. The van der Waals surface area contributed by atoms with Crippen LogP contribution < -0.4 is 11.3 Å². The molecule has 14 nitrogen and oxygen atoms in total. The Bertz CT molecular complexity index is 1870. The van der Waals surface area contributed by atoms with Gasteiger partial charge in [-0.05, 0) is 28.6 Å². The summed E-state index contributed by atoms with van der Waals surface area (Å²) in [6, 6.07) is 14.2. The molecule has 0 radical (unpaired) electrons. The lowest BCUT2D eigenvalue weighted by atomic mass is 9.98. The molecule has 0 amide bonds. The first kappa shape index (κ1) is 21.8. The van der Waals surface area contributed by atoms with Gasteiger partial charge in [-0.15, -0.1) is 5.10 Å². The smallest absolute Gasteiger partial charge is 0.270 e. The third-order valence-corrected chi connectivity index (χ3v) is 5.75. The Morgan fingerprint density at radius 3 is 2.76 bits per heavy atom. The molecule has 0 saturated heterocycles. The second-order valence-electron chi connectivity index (χ2n) is 8.07. The fourth-order valence-corrected chi connectivity index (χ4v) is 4.04. The molecule has 5 heterocycles. The molecule has 0 bridgehead atoms. The summed E-state index contributed by atoms with van der Waals surface area (Å²) in [6.07, 6.45) is 5.02. The van der Waals surface area contributed by atoms with Crippen molar-refractivity contribution in [2.75, 3.05) is 5.73 Å². The molecule has 6 aromatic rings. The summed E-state index contributed by atoms with van der Waals surface area (Å²) < 4.78 is 5.91. The maximum Gasteiger partial charge on any atom is 0.270 e. The average Bonchev–Trinajstić information content (AvgIpc) is 3.67. The van der Waals surface area contributed by atoms with Gasteiger partial charge in [-0.3, -0.25) is 4.79 Å². The Hall–Kier alpha value is -5.71. The van der Waals surface area contributed by atoms with E-state index in [1.165, 1.54) is 24.5 Å². The maximum atomic E-state index is 12.1. The van der Waals surface area contributed by atoms with E-state index in [1.54, 1.807) is 56.0 Å². The van der Waals surface area contributed by atoms with Crippen LogP contribution in [0.3, 0.4) is 0 Å². The van der Waals surface area contributed by atoms with Crippen molar-refractivity contribution < 1.29 is 0 Å². The quantitative estimate of drug-likeness (QED) is 0.363. The second-order valence-corrected chi connectivity index (χ2v) is 8.07. The molecule has 0 unspecified atom stereocenters. The number of aryl methyl sites for hydroxylation is 1. The normalized spacial score (nSPS) is 11.1. The van der Waals surface area contributed by atoms with E-state index in [9.17, 15) is 10.1 Å². The summed E-state index contributed by atoms with van der Waals surface area (Å²) in [7, 11) is 1.65. The Kier molecular flexibility index (Phi) is 5.01. The lowest BCUT2D eigenvalue weighted by molar-refractivity contribution is 0.598. The number of nitrogens with two attached hydrogens (primary N) is 1. The summed E-state index contributed by atoms with van der Waals surface area (Å²) >= 11 is 0. The van der Waals surface area contributed by atoms with E-state index in [0.29, 0.717) is 45.4 Å². The molecule has 0 spiro atoms. The van der Waals surface area contributed by atoms with Gasteiger partial charge in [0, 0.05) is 42.8 Å². The summed E-state index contributed by atoms with van der Waals surface area (Å²) in [5.74, 6) is 0.831. The highest BCUT2D eigenvalue weighted by molar-refractivity contribution is 5.91. The number of nitrogen functional groups attached to an aromatic ring is 1. The number of rotatable bonds is 5. The lowest BCUT2D eigenvalue weighted by Crippen LogP contribution is -2.14. The van der Waals surface area contributed by atoms with Crippen LogP contribution in [-0.4, -0.2) is 54.1 Å². The highest BCUT2D eigenvalue weighted by atomic mass is 16.1. The Labute approximate surface area is 207 Å². The molecule has 0 saturated carbocycles. The summed E-state index contributed by atoms with van der Waals surface area (Å²) in [4.78, 5) is 21.5. The molecule has 0 atom stereocenters. The number of anilines is 1. The van der Waals surface area contributed by atoms with Crippen molar-refractivity contribution in [3.63, 3.8) is 0 Å². The third-order valence-electron chi connectivity index (χ3n) is 5.75. The van der Waals surface area contributed by atoms with Gasteiger partial charge >= 0.3 is 0 Å². The van der Waals surface area contributed by atoms with Gasteiger partial charge in [-0.25, -0.2) is 19.3 Å². The zero-order valence-corrected chi connectivity index (χ0v) is 19.3. The SMILES string of the molecule is Cn1cc(-c2c(-c3ccccc3C#N)nc(N)n3nc(Cn4nnnc4-n4cccn4)nc23)ccc1=O. The van der Waals surface area contributed by atoms with Crippen molar-refractivity contribution in [2.45, 2.75) is 6.54 Å². The zero-order chi connectivity index (χ0) is 25.5. The fraction of sp³-hybridized carbons (Fsp3) is 0.0870. The van der Waals surface area contributed by atoms with E-state index < -0.39 is 0 Å². The third kappa shape index (κ3) is 3.67. The Morgan fingerprint density at radius 2 is 1.97 bits per heavy atom.